The van der Waals surface area contributed by atoms with E-state index in [1.165, 1.54) is 0 Å². The topological polar surface area (TPSA) is 80.3 Å². The van der Waals surface area contributed by atoms with Crippen LogP contribution in [0.3, 0.4) is 0 Å². The lowest BCUT2D eigenvalue weighted by Crippen LogP contribution is -2.43. The van der Waals surface area contributed by atoms with E-state index in [1.807, 2.05) is 18.7 Å². The van der Waals surface area contributed by atoms with E-state index in [9.17, 15) is 4.79 Å². The molecule has 1 amide bonds. The summed E-state index contributed by atoms with van der Waals surface area (Å²) >= 11 is 0. The largest absolute Gasteiger partial charge is 0.501 e. The minimum atomic E-state index is -0.247. The highest BCUT2D eigenvalue weighted by Crippen LogP contribution is 2.23. The van der Waals surface area contributed by atoms with Crippen molar-refractivity contribution in [2.24, 2.45) is 0 Å². The Bertz CT molecular complexity index is 567. The number of H-pyrrole nitrogens is 1. The number of aromatic amines is 1. The van der Waals surface area contributed by atoms with Crippen molar-refractivity contribution in [3.8, 4) is 0 Å². The molecular formula is C15H22N4O3. The van der Waals surface area contributed by atoms with E-state index in [0.717, 1.165) is 24.2 Å². The molecule has 2 aliphatic heterocycles. The van der Waals surface area contributed by atoms with Crippen molar-refractivity contribution in [2.75, 3.05) is 26.3 Å². The van der Waals surface area contributed by atoms with E-state index in [2.05, 4.69) is 15.2 Å². The predicted octanol–water partition coefficient (Wildman–Crippen LogP) is 1.52. The molecule has 3 rings (SSSR count). The number of rotatable bonds is 3. The molecule has 7 heteroatoms. The number of carbonyl (C=O) groups is 1. The Morgan fingerprint density at radius 3 is 3.00 bits per heavy atom. The Kier molecular flexibility index (Phi) is 4.42. The van der Waals surface area contributed by atoms with Crippen LogP contribution in [-0.2, 0) is 14.3 Å². The second-order valence-electron chi connectivity index (χ2n) is 5.96. The van der Waals surface area contributed by atoms with E-state index in [1.54, 1.807) is 6.26 Å². The molecule has 0 aliphatic carbocycles. The lowest BCUT2D eigenvalue weighted by molar-refractivity contribution is -0.135. The van der Waals surface area contributed by atoms with Crippen molar-refractivity contribution in [3.63, 3.8) is 0 Å². The lowest BCUT2D eigenvalue weighted by Gasteiger charge is -2.32. The maximum absolute atomic E-state index is 12.5. The van der Waals surface area contributed by atoms with E-state index in [0.29, 0.717) is 32.1 Å². The molecule has 1 N–H and O–H groups in total. The van der Waals surface area contributed by atoms with Crippen molar-refractivity contribution in [2.45, 2.75) is 38.7 Å². The van der Waals surface area contributed by atoms with Crippen molar-refractivity contribution >= 4 is 5.91 Å². The molecule has 0 spiro atoms. The number of hydrogen-bond acceptors (Lipinski definition) is 5. The zero-order valence-corrected chi connectivity index (χ0v) is 13.0. The summed E-state index contributed by atoms with van der Waals surface area (Å²) in [5.74, 6) is 1.76. The van der Waals surface area contributed by atoms with Gasteiger partial charge >= 0.3 is 0 Å². The monoisotopic (exact) mass is 306 g/mol. The number of morpholine rings is 1. The summed E-state index contributed by atoms with van der Waals surface area (Å²) in [5.41, 5.74) is 0.743. The molecule has 3 heterocycles. The summed E-state index contributed by atoms with van der Waals surface area (Å²) in [5, 5.41) is 7.13. The number of carbonyl (C=O) groups excluding carboxylic acids is 1. The van der Waals surface area contributed by atoms with Gasteiger partial charge in [0.05, 0.1) is 31.6 Å². The molecule has 1 saturated heterocycles. The molecule has 1 unspecified atom stereocenters. The van der Waals surface area contributed by atoms with Crippen LogP contribution in [-0.4, -0.2) is 52.3 Å². The Morgan fingerprint density at radius 1 is 1.45 bits per heavy atom. The first-order chi connectivity index (χ1) is 10.6. The van der Waals surface area contributed by atoms with Crippen molar-refractivity contribution in [1.29, 1.82) is 0 Å². The van der Waals surface area contributed by atoms with Crippen LogP contribution < -0.4 is 0 Å². The van der Waals surface area contributed by atoms with Gasteiger partial charge in [-0.1, -0.05) is 13.8 Å². The van der Waals surface area contributed by atoms with Crippen LogP contribution in [0.25, 0.3) is 0 Å². The van der Waals surface area contributed by atoms with Gasteiger partial charge in [-0.2, -0.15) is 5.10 Å². The smallest absolute Gasteiger partial charge is 0.253 e. The number of nitrogens with zero attached hydrogens (tertiary/aromatic N) is 3. The highest BCUT2D eigenvalue weighted by Gasteiger charge is 2.29. The molecule has 0 aromatic carbocycles. The molecular weight excluding hydrogens is 284 g/mol. The summed E-state index contributed by atoms with van der Waals surface area (Å²) in [7, 11) is 0. The summed E-state index contributed by atoms with van der Waals surface area (Å²) in [6.07, 6.45) is 3.02. The lowest BCUT2D eigenvalue weighted by atomic mass is 10.1. The van der Waals surface area contributed by atoms with Crippen LogP contribution in [0.2, 0.25) is 0 Å². The van der Waals surface area contributed by atoms with Crippen LogP contribution in [0.15, 0.2) is 11.8 Å². The number of aromatic nitrogens is 3. The minimum Gasteiger partial charge on any atom is -0.501 e. The average molecular weight is 306 g/mol. The van der Waals surface area contributed by atoms with Crippen LogP contribution in [0.1, 0.15) is 50.4 Å². The number of nitrogens with one attached hydrogen (secondary N) is 1. The molecule has 7 nitrogen and oxygen atoms in total. The van der Waals surface area contributed by atoms with Crippen LogP contribution in [0.4, 0.5) is 0 Å². The fraction of sp³-hybridized carbons (Fsp3) is 0.667. The first-order valence-electron chi connectivity index (χ1n) is 7.79. The van der Waals surface area contributed by atoms with Gasteiger partial charge in [-0.15, -0.1) is 0 Å². The Hall–Kier alpha value is -1.89. The predicted molar refractivity (Wildman–Crippen MR) is 79.0 cm³/mol. The fourth-order valence-corrected chi connectivity index (χ4v) is 2.61. The van der Waals surface area contributed by atoms with E-state index in [4.69, 9.17) is 9.47 Å². The molecule has 1 atom stereocenters. The quantitative estimate of drug-likeness (QED) is 0.916. The normalized spacial score (nSPS) is 22.4. The number of amides is 1. The first-order valence-corrected chi connectivity index (χ1v) is 7.79. The van der Waals surface area contributed by atoms with Gasteiger partial charge in [-0.25, -0.2) is 4.98 Å². The Morgan fingerprint density at radius 2 is 2.32 bits per heavy atom. The fourth-order valence-electron chi connectivity index (χ4n) is 2.61. The molecule has 120 valence electrons. The summed E-state index contributed by atoms with van der Waals surface area (Å²) in [6.45, 7) is 6.36. The molecule has 1 fully saturated rings. The molecule has 0 saturated carbocycles. The third-order valence-electron chi connectivity index (χ3n) is 3.90. The first kappa shape index (κ1) is 15.0. The van der Waals surface area contributed by atoms with Crippen LogP contribution >= 0.6 is 0 Å². The molecule has 22 heavy (non-hydrogen) atoms. The Labute approximate surface area is 129 Å². The van der Waals surface area contributed by atoms with Gasteiger partial charge in [0.1, 0.15) is 6.10 Å². The second kappa shape index (κ2) is 6.48. The SMILES string of the molecule is CC(C)c1n[nH]c(C2CN(C(=O)C3=COCCC3)CCO2)n1. The van der Waals surface area contributed by atoms with Gasteiger partial charge < -0.3 is 14.4 Å². The molecule has 0 bridgehead atoms. The van der Waals surface area contributed by atoms with Gasteiger partial charge in [0.25, 0.3) is 5.91 Å². The van der Waals surface area contributed by atoms with E-state index < -0.39 is 0 Å². The number of ether oxygens (including phenoxy) is 2. The summed E-state index contributed by atoms with van der Waals surface area (Å²) < 4.78 is 11.0. The molecule has 1 aromatic rings. The molecule has 0 radical (unpaired) electrons. The van der Waals surface area contributed by atoms with Crippen molar-refractivity contribution < 1.29 is 14.3 Å². The summed E-state index contributed by atoms with van der Waals surface area (Å²) in [6, 6.07) is 0. The average Bonchev–Trinajstić information content (AvgIpc) is 3.05. The van der Waals surface area contributed by atoms with Gasteiger partial charge in [0.15, 0.2) is 11.6 Å². The van der Waals surface area contributed by atoms with E-state index in [-0.39, 0.29) is 17.9 Å². The van der Waals surface area contributed by atoms with Gasteiger partial charge in [-0.05, 0) is 12.8 Å². The zero-order chi connectivity index (χ0) is 15.5. The standard InChI is InChI=1S/C15H22N4O3/c1-10(2)13-16-14(18-17-13)12-8-19(5-7-22-12)15(20)11-4-3-6-21-9-11/h9-10,12H,3-8H2,1-2H3,(H,16,17,18). The third kappa shape index (κ3) is 3.14. The highest BCUT2D eigenvalue weighted by molar-refractivity contribution is 5.93. The molecule has 2 aliphatic rings. The maximum Gasteiger partial charge on any atom is 0.253 e. The van der Waals surface area contributed by atoms with Crippen LogP contribution in [0.5, 0.6) is 0 Å². The van der Waals surface area contributed by atoms with Gasteiger partial charge in [-0.3, -0.25) is 9.89 Å². The molecule has 1 aromatic heterocycles. The maximum atomic E-state index is 12.5. The van der Waals surface area contributed by atoms with Gasteiger partial charge in [0, 0.05) is 12.5 Å². The highest BCUT2D eigenvalue weighted by atomic mass is 16.5. The zero-order valence-electron chi connectivity index (χ0n) is 13.0. The second-order valence-corrected chi connectivity index (χ2v) is 5.96. The van der Waals surface area contributed by atoms with Crippen LogP contribution in [0, 0.1) is 0 Å². The van der Waals surface area contributed by atoms with Crippen molar-refractivity contribution in [1.82, 2.24) is 20.1 Å². The number of hydrogen-bond donors (Lipinski definition) is 1. The third-order valence-corrected chi connectivity index (χ3v) is 3.90. The van der Waals surface area contributed by atoms with Crippen molar-refractivity contribution in [3.05, 3.63) is 23.5 Å². The minimum absolute atomic E-state index is 0.0385. The Balaban J connectivity index is 1.68. The van der Waals surface area contributed by atoms with Gasteiger partial charge in [0.2, 0.25) is 0 Å². The summed E-state index contributed by atoms with van der Waals surface area (Å²) in [4.78, 5) is 18.8. The van der Waals surface area contributed by atoms with E-state index >= 15 is 0 Å².